The van der Waals surface area contributed by atoms with Gasteiger partial charge in [-0.05, 0) is 46.2 Å². The highest BCUT2D eigenvalue weighted by atomic mass is 16.3. The lowest BCUT2D eigenvalue weighted by atomic mass is 9.95. The van der Waals surface area contributed by atoms with Crippen molar-refractivity contribution in [1.82, 2.24) is 4.90 Å². The van der Waals surface area contributed by atoms with E-state index in [4.69, 9.17) is 5.11 Å². The third-order valence-electron chi connectivity index (χ3n) is 2.94. The molecule has 0 aromatic rings. The van der Waals surface area contributed by atoms with Crippen LogP contribution in [0.25, 0.3) is 0 Å². The summed E-state index contributed by atoms with van der Waals surface area (Å²) in [6, 6.07) is 0. The molecule has 0 radical (unpaired) electrons. The number of likely N-dealkylation sites (tertiary alicyclic amines) is 1. The van der Waals surface area contributed by atoms with Gasteiger partial charge in [0.15, 0.2) is 0 Å². The monoisotopic (exact) mass is 171 g/mol. The van der Waals surface area contributed by atoms with Crippen LogP contribution in [0.5, 0.6) is 0 Å². The van der Waals surface area contributed by atoms with Crippen molar-refractivity contribution in [2.75, 3.05) is 19.7 Å². The summed E-state index contributed by atoms with van der Waals surface area (Å²) in [7, 11) is 0. The van der Waals surface area contributed by atoms with E-state index in [1.165, 1.54) is 32.4 Å². The van der Waals surface area contributed by atoms with Gasteiger partial charge in [0.2, 0.25) is 0 Å². The fraction of sp³-hybridized carbons (Fsp3) is 1.00. The van der Waals surface area contributed by atoms with Gasteiger partial charge >= 0.3 is 0 Å². The van der Waals surface area contributed by atoms with Gasteiger partial charge < -0.3 is 5.11 Å². The van der Waals surface area contributed by atoms with E-state index in [1.54, 1.807) is 0 Å². The van der Waals surface area contributed by atoms with Crippen molar-refractivity contribution in [3.8, 4) is 0 Å². The molecule has 1 heterocycles. The predicted octanol–water partition coefficient (Wildman–Crippen LogP) is 1.63. The van der Waals surface area contributed by atoms with Crippen molar-refractivity contribution >= 4 is 0 Å². The zero-order chi connectivity index (χ0) is 9.03. The summed E-state index contributed by atoms with van der Waals surface area (Å²) in [6.07, 6.45) is 4.93. The third kappa shape index (κ3) is 2.46. The maximum Gasteiger partial charge on any atom is 0.0448 e. The van der Waals surface area contributed by atoms with E-state index in [2.05, 4.69) is 18.7 Å². The Kier molecular flexibility index (Phi) is 3.53. The van der Waals surface area contributed by atoms with Crippen molar-refractivity contribution in [3.63, 3.8) is 0 Å². The molecule has 72 valence electrons. The van der Waals surface area contributed by atoms with Crippen LogP contribution in [0.2, 0.25) is 0 Å². The lowest BCUT2D eigenvalue weighted by Crippen LogP contribution is -2.47. The second kappa shape index (κ2) is 4.24. The largest absolute Gasteiger partial charge is 0.396 e. The first kappa shape index (κ1) is 10.0. The standard InChI is InChI=1S/C10H21NO/c1-10(2,6-9-12)11-7-4-3-5-8-11/h12H,3-9H2,1-2H3. The van der Waals surface area contributed by atoms with Crippen molar-refractivity contribution in [2.24, 2.45) is 0 Å². The van der Waals surface area contributed by atoms with Gasteiger partial charge in [0.1, 0.15) is 0 Å². The number of aliphatic hydroxyl groups is 1. The molecule has 1 aliphatic rings. The zero-order valence-electron chi connectivity index (χ0n) is 8.34. The molecule has 2 nitrogen and oxygen atoms in total. The topological polar surface area (TPSA) is 23.5 Å². The molecule has 0 amide bonds. The highest BCUT2D eigenvalue weighted by Gasteiger charge is 2.26. The SMILES string of the molecule is CC(C)(CCO)N1CCCCC1. The van der Waals surface area contributed by atoms with Gasteiger partial charge in [-0.25, -0.2) is 0 Å². The molecule has 0 spiro atoms. The van der Waals surface area contributed by atoms with Crippen LogP contribution >= 0.6 is 0 Å². The minimum Gasteiger partial charge on any atom is -0.396 e. The molecule has 12 heavy (non-hydrogen) atoms. The summed E-state index contributed by atoms with van der Waals surface area (Å²) in [5, 5.41) is 8.91. The van der Waals surface area contributed by atoms with Crippen LogP contribution in [0.4, 0.5) is 0 Å². The van der Waals surface area contributed by atoms with Gasteiger partial charge in [0, 0.05) is 12.1 Å². The van der Waals surface area contributed by atoms with Gasteiger partial charge in [-0.15, -0.1) is 0 Å². The van der Waals surface area contributed by atoms with Crippen molar-refractivity contribution < 1.29 is 5.11 Å². The average molecular weight is 171 g/mol. The first-order valence-electron chi connectivity index (χ1n) is 5.03. The third-order valence-corrected chi connectivity index (χ3v) is 2.94. The Labute approximate surface area is 75.6 Å². The van der Waals surface area contributed by atoms with Crippen LogP contribution in [0.15, 0.2) is 0 Å². The first-order valence-corrected chi connectivity index (χ1v) is 5.03. The fourth-order valence-electron chi connectivity index (χ4n) is 1.93. The Morgan fingerprint density at radius 2 is 1.75 bits per heavy atom. The number of hydrogen-bond donors (Lipinski definition) is 1. The Balaban J connectivity index is 2.41. The van der Waals surface area contributed by atoms with Gasteiger partial charge in [-0.3, -0.25) is 4.90 Å². The van der Waals surface area contributed by atoms with E-state index in [-0.39, 0.29) is 5.54 Å². The molecule has 0 atom stereocenters. The Bertz CT molecular complexity index is 128. The maximum atomic E-state index is 8.91. The Morgan fingerprint density at radius 1 is 1.17 bits per heavy atom. The summed E-state index contributed by atoms with van der Waals surface area (Å²) in [5.41, 5.74) is 0.204. The lowest BCUT2D eigenvalue weighted by molar-refractivity contribution is 0.0710. The van der Waals surface area contributed by atoms with Crippen LogP contribution in [0.3, 0.4) is 0 Å². The van der Waals surface area contributed by atoms with Crippen molar-refractivity contribution in [2.45, 2.75) is 45.1 Å². The molecule has 0 unspecified atom stereocenters. The highest BCUT2D eigenvalue weighted by molar-refractivity contribution is 4.82. The molecular weight excluding hydrogens is 150 g/mol. The van der Waals surface area contributed by atoms with Gasteiger partial charge in [0.05, 0.1) is 0 Å². The molecule has 1 rings (SSSR count). The Morgan fingerprint density at radius 3 is 2.25 bits per heavy atom. The molecule has 0 aromatic carbocycles. The number of aliphatic hydroxyl groups excluding tert-OH is 1. The molecule has 0 aromatic heterocycles. The summed E-state index contributed by atoms with van der Waals surface area (Å²) >= 11 is 0. The van der Waals surface area contributed by atoms with Crippen LogP contribution in [-0.4, -0.2) is 35.2 Å². The number of hydrogen-bond acceptors (Lipinski definition) is 2. The molecule has 1 fully saturated rings. The molecule has 0 bridgehead atoms. The summed E-state index contributed by atoms with van der Waals surface area (Å²) in [4.78, 5) is 2.51. The zero-order valence-corrected chi connectivity index (χ0v) is 8.34. The fourth-order valence-corrected chi connectivity index (χ4v) is 1.93. The minimum absolute atomic E-state index is 0.204. The minimum atomic E-state index is 0.204. The second-order valence-corrected chi connectivity index (χ2v) is 4.33. The smallest absolute Gasteiger partial charge is 0.0448 e. The van der Waals surface area contributed by atoms with Crippen molar-refractivity contribution in [3.05, 3.63) is 0 Å². The van der Waals surface area contributed by atoms with Crippen LogP contribution < -0.4 is 0 Å². The normalized spacial score (nSPS) is 21.2. The first-order chi connectivity index (χ1) is 5.67. The van der Waals surface area contributed by atoms with Crippen molar-refractivity contribution in [1.29, 1.82) is 0 Å². The Hall–Kier alpha value is -0.0800. The molecule has 1 aliphatic heterocycles. The predicted molar refractivity (Wildman–Crippen MR) is 51.2 cm³/mol. The van der Waals surface area contributed by atoms with E-state index >= 15 is 0 Å². The highest BCUT2D eigenvalue weighted by Crippen LogP contribution is 2.22. The lowest BCUT2D eigenvalue weighted by Gasteiger charge is -2.40. The summed E-state index contributed by atoms with van der Waals surface area (Å²) < 4.78 is 0. The van der Waals surface area contributed by atoms with E-state index < -0.39 is 0 Å². The second-order valence-electron chi connectivity index (χ2n) is 4.33. The van der Waals surface area contributed by atoms with Gasteiger partial charge in [0.25, 0.3) is 0 Å². The quantitative estimate of drug-likeness (QED) is 0.697. The van der Waals surface area contributed by atoms with E-state index in [9.17, 15) is 0 Å². The van der Waals surface area contributed by atoms with E-state index in [1.807, 2.05) is 0 Å². The average Bonchev–Trinajstić information content (AvgIpc) is 2.06. The molecular formula is C10H21NO. The van der Waals surface area contributed by atoms with Crippen LogP contribution in [0.1, 0.15) is 39.5 Å². The molecule has 0 saturated carbocycles. The van der Waals surface area contributed by atoms with E-state index in [0.29, 0.717) is 6.61 Å². The summed E-state index contributed by atoms with van der Waals surface area (Å²) in [5.74, 6) is 0. The number of piperidine rings is 1. The van der Waals surface area contributed by atoms with Gasteiger partial charge in [-0.1, -0.05) is 6.42 Å². The maximum absolute atomic E-state index is 8.91. The molecule has 0 aliphatic carbocycles. The van der Waals surface area contributed by atoms with Gasteiger partial charge in [-0.2, -0.15) is 0 Å². The van der Waals surface area contributed by atoms with E-state index in [0.717, 1.165) is 6.42 Å². The van der Waals surface area contributed by atoms with Crippen LogP contribution in [-0.2, 0) is 0 Å². The molecule has 1 saturated heterocycles. The number of nitrogens with zero attached hydrogens (tertiary/aromatic N) is 1. The molecule has 1 N–H and O–H groups in total. The molecule has 2 heteroatoms. The summed E-state index contributed by atoms with van der Waals surface area (Å²) in [6.45, 7) is 7.20. The van der Waals surface area contributed by atoms with Crippen LogP contribution in [0, 0.1) is 0 Å². The number of rotatable bonds is 3.